The molecule has 0 aliphatic carbocycles. The molecule has 9 nitrogen and oxygen atoms in total. The normalized spacial score (nSPS) is 34.1. The fourth-order valence-electron chi connectivity index (χ4n) is 3.82. The van der Waals surface area contributed by atoms with Crippen molar-refractivity contribution < 1.29 is 33.3 Å². The van der Waals surface area contributed by atoms with Crippen LogP contribution in [0.2, 0.25) is 0 Å². The molecule has 9 heteroatoms. The smallest absolute Gasteiger partial charge is 0.252 e. The van der Waals surface area contributed by atoms with Gasteiger partial charge in [-0.25, -0.2) is 0 Å². The molecule has 3 aliphatic heterocycles. The van der Waals surface area contributed by atoms with Crippen molar-refractivity contribution in [3.63, 3.8) is 0 Å². The molecular weight excluding hydrogens is 380 g/mol. The third-order valence-electron chi connectivity index (χ3n) is 4.89. The zero-order valence-electron chi connectivity index (χ0n) is 16.8. The molecule has 1 aromatic rings. The Balaban J connectivity index is 1.41. The number of para-hydroxylation sites is 1. The van der Waals surface area contributed by atoms with Crippen molar-refractivity contribution in [2.75, 3.05) is 11.9 Å². The third-order valence-corrected chi connectivity index (χ3v) is 4.89. The van der Waals surface area contributed by atoms with E-state index in [1.807, 2.05) is 18.2 Å². The van der Waals surface area contributed by atoms with Crippen molar-refractivity contribution in [1.82, 2.24) is 5.32 Å². The molecule has 1 aromatic carbocycles. The van der Waals surface area contributed by atoms with Gasteiger partial charge in [-0.3, -0.25) is 9.59 Å². The molecule has 0 spiro atoms. The van der Waals surface area contributed by atoms with Gasteiger partial charge < -0.3 is 34.3 Å². The number of carbonyl (C=O) groups is 2. The zero-order chi connectivity index (χ0) is 20.8. The molecule has 158 valence electrons. The van der Waals surface area contributed by atoms with Crippen LogP contribution in [-0.2, 0) is 33.3 Å². The lowest BCUT2D eigenvalue weighted by Gasteiger charge is -2.36. The van der Waals surface area contributed by atoms with Crippen molar-refractivity contribution in [2.45, 2.75) is 70.0 Å². The van der Waals surface area contributed by atoms with Crippen molar-refractivity contribution in [3.05, 3.63) is 30.3 Å². The fourth-order valence-corrected chi connectivity index (χ4v) is 3.82. The summed E-state index contributed by atoms with van der Waals surface area (Å²) in [7, 11) is 0. The summed E-state index contributed by atoms with van der Waals surface area (Å²) in [5.41, 5.74) is 0.650. The molecule has 3 saturated heterocycles. The molecule has 2 amide bonds. The minimum Gasteiger partial charge on any atom is -0.345 e. The van der Waals surface area contributed by atoms with E-state index >= 15 is 0 Å². The number of nitrogens with one attached hydrogen (secondary N) is 2. The van der Waals surface area contributed by atoms with Gasteiger partial charge in [-0.15, -0.1) is 0 Å². The fraction of sp³-hybridized carbons (Fsp3) is 0.600. The topological polar surface area (TPSA) is 104 Å². The highest BCUT2D eigenvalue weighted by Gasteiger charge is 2.62. The predicted molar refractivity (Wildman–Crippen MR) is 101 cm³/mol. The van der Waals surface area contributed by atoms with E-state index in [0.29, 0.717) is 5.69 Å². The second kappa shape index (κ2) is 7.33. The van der Waals surface area contributed by atoms with E-state index < -0.39 is 48.2 Å². The Labute approximate surface area is 169 Å². The van der Waals surface area contributed by atoms with E-state index in [1.165, 1.54) is 0 Å². The van der Waals surface area contributed by atoms with Crippen molar-refractivity contribution in [2.24, 2.45) is 0 Å². The molecule has 0 aromatic heterocycles. The minimum atomic E-state index is -0.995. The van der Waals surface area contributed by atoms with E-state index in [4.69, 9.17) is 23.7 Å². The van der Waals surface area contributed by atoms with Gasteiger partial charge in [0.2, 0.25) is 5.91 Å². The van der Waals surface area contributed by atoms with Crippen LogP contribution in [0.5, 0.6) is 0 Å². The van der Waals surface area contributed by atoms with Crippen LogP contribution in [0.3, 0.4) is 0 Å². The van der Waals surface area contributed by atoms with Gasteiger partial charge in [0.05, 0.1) is 6.54 Å². The lowest BCUT2D eigenvalue weighted by molar-refractivity contribution is -0.231. The van der Waals surface area contributed by atoms with Crippen molar-refractivity contribution in [3.8, 4) is 0 Å². The maximum atomic E-state index is 12.8. The van der Waals surface area contributed by atoms with Gasteiger partial charge >= 0.3 is 0 Å². The maximum absolute atomic E-state index is 12.8. The minimum absolute atomic E-state index is 0.202. The van der Waals surface area contributed by atoms with Gasteiger partial charge in [0.25, 0.3) is 5.91 Å². The number of hydrogen-bond acceptors (Lipinski definition) is 7. The molecule has 0 bridgehead atoms. The van der Waals surface area contributed by atoms with Gasteiger partial charge in [-0.05, 0) is 39.8 Å². The summed E-state index contributed by atoms with van der Waals surface area (Å²) < 4.78 is 29.4. The number of anilines is 1. The second-order valence-corrected chi connectivity index (χ2v) is 8.22. The molecule has 0 unspecified atom stereocenters. The summed E-state index contributed by atoms with van der Waals surface area (Å²) in [6.07, 6.45) is -3.48. The molecule has 0 radical (unpaired) electrons. The first-order chi connectivity index (χ1) is 13.6. The number of rotatable bonds is 4. The molecule has 3 aliphatic rings. The van der Waals surface area contributed by atoms with Gasteiger partial charge in [-0.1, -0.05) is 18.2 Å². The highest BCUT2D eigenvalue weighted by atomic mass is 16.9. The number of hydrogen-bond donors (Lipinski definition) is 2. The van der Waals surface area contributed by atoms with Gasteiger partial charge in [-0.2, -0.15) is 0 Å². The molecule has 5 atom stereocenters. The Bertz CT molecular complexity index is 782. The highest BCUT2D eigenvalue weighted by molar-refractivity contribution is 5.95. The molecule has 0 saturated carbocycles. The Morgan fingerprint density at radius 3 is 2.24 bits per heavy atom. The summed E-state index contributed by atoms with van der Waals surface area (Å²) in [6, 6.07) is 9.00. The van der Waals surface area contributed by atoms with E-state index in [2.05, 4.69) is 10.6 Å². The first kappa shape index (κ1) is 20.2. The number of fused-ring (bicyclic) bond motifs is 3. The molecule has 4 rings (SSSR count). The third kappa shape index (κ3) is 4.29. The summed E-state index contributed by atoms with van der Waals surface area (Å²) in [4.78, 5) is 24.9. The highest BCUT2D eigenvalue weighted by Crippen LogP contribution is 2.44. The van der Waals surface area contributed by atoms with Crippen LogP contribution in [-0.4, -0.2) is 60.6 Å². The monoisotopic (exact) mass is 406 g/mol. The average Bonchev–Trinajstić information content (AvgIpc) is 3.13. The van der Waals surface area contributed by atoms with Gasteiger partial charge in [0, 0.05) is 5.69 Å². The van der Waals surface area contributed by atoms with Gasteiger partial charge in [0.15, 0.2) is 24.0 Å². The SMILES string of the molecule is CC1(C)O[C@H]2[C@@H](O1)[C@H](C(=O)NCC(=O)Nc1ccccc1)O[C@@H]1OC(C)(C)O[C@@H]12. The van der Waals surface area contributed by atoms with Crippen LogP contribution >= 0.6 is 0 Å². The van der Waals surface area contributed by atoms with E-state index in [1.54, 1.807) is 39.8 Å². The van der Waals surface area contributed by atoms with E-state index in [0.717, 1.165) is 0 Å². The molecule has 2 N–H and O–H groups in total. The van der Waals surface area contributed by atoms with Crippen LogP contribution in [0.4, 0.5) is 5.69 Å². The largest absolute Gasteiger partial charge is 0.345 e. The first-order valence-electron chi connectivity index (χ1n) is 9.63. The molecule has 3 fully saturated rings. The average molecular weight is 406 g/mol. The Morgan fingerprint density at radius 1 is 0.897 bits per heavy atom. The zero-order valence-corrected chi connectivity index (χ0v) is 16.8. The Kier molecular flexibility index (Phi) is 5.12. The number of ether oxygens (including phenoxy) is 5. The number of amides is 2. The Hall–Kier alpha value is -2.04. The molecular formula is C20H26N2O7. The summed E-state index contributed by atoms with van der Waals surface area (Å²) >= 11 is 0. The molecule has 3 heterocycles. The maximum Gasteiger partial charge on any atom is 0.252 e. The predicted octanol–water partition coefficient (Wildman–Crippen LogP) is 1.14. The van der Waals surface area contributed by atoms with Crippen LogP contribution in [0, 0.1) is 0 Å². The molecule has 29 heavy (non-hydrogen) atoms. The lowest BCUT2D eigenvalue weighted by atomic mass is 9.98. The first-order valence-corrected chi connectivity index (χ1v) is 9.63. The van der Waals surface area contributed by atoms with Crippen LogP contribution in [0.1, 0.15) is 27.7 Å². The second-order valence-electron chi connectivity index (χ2n) is 8.22. The summed E-state index contributed by atoms with van der Waals surface area (Å²) in [6.45, 7) is 6.88. The van der Waals surface area contributed by atoms with Crippen LogP contribution < -0.4 is 10.6 Å². The van der Waals surface area contributed by atoms with Crippen molar-refractivity contribution in [1.29, 1.82) is 0 Å². The van der Waals surface area contributed by atoms with Crippen molar-refractivity contribution >= 4 is 17.5 Å². The van der Waals surface area contributed by atoms with E-state index in [-0.39, 0.29) is 12.5 Å². The quantitative estimate of drug-likeness (QED) is 0.773. The Morgan fingerprint density at radius 2 is 1.52 bits per heavy atom. The van der Waals surface area contributed by atoms with E-state index in [9.17, 15) is 9.59 Å². The number of benzene rings is 1. The summed E-state index contributed by atoms with van der Waals surface area (Å²) in [5.74, 6) is -2.58. The van der Waals surface area contributed by atoms with Crippen LogP contribution in [0.25, 0.3) is 0 Å². The van der Waals surface area contributed by atoms with Gasteiger partial charge in [0.1, 0.15) is 18.3 Å². The lowest BCUT2D eigenvalue weighted by Crippen LogP contribution is -2.59. The number of carbonyl (C=O) groups excluding carboxylic acids is 2. The standard InChI is InChI=1S/C20H26N2O7/c1-19(2)26-13-14(27-19)16-18(29-20(3,4)28-16)25-15(13)17(24)21-10-12(23)22-11-8-6-5-7-9-11/h5-9,13-16,18H,10H2,1-4H3,(H,21,24)(H,22,23)/t13-,14+,15-,16-,18-/m1/s1. The van der Waals surface area contributed by atoms with Crippen LogP contribution in [0.15, 0.2) is 30.3 Å². The summed E-state index contributed by atoms with van der Waals surface area (Å²) in [5, 5.41) is 5.32.